The Labute approximate surface area is 146 Å². The fourth-order valence-corrected chi connectivity index (χ4v) is 2.56. The molecule has 3 aromatic rings. The maximum atomic E-state index is 12.4. The third-order valence-corrected chi connectivity index (χ3v) is 3.96. The number of carbonyl (C=O) groups is 1. The smallest absolute Gasteiger partial charge is 0.270 e. The summed E-state index contributed by atoms with van der Waals surface area (Å²) in [6, 6.07) is 9.24. The van der Waals surface area contributed by atoms with Crippen molar-refractivity contribution < 1.29 is 9.32 Å². The van der Waals surface area contributed by atoms with Crippen molar-refractivity contribution in [1.82, 2.24) is 25.2 Å². The van der Waals surface area contributed by atoms with E-state index < -0.39 is 6.04 Å². The van der Waals surface area contributed by atoms with E-state index in [0.717, 1.165) is 23.2 Å². The minimum absolute atomic E-state index is 0.225. The lowest BCUT2D eigenvalue weighted by atomic mass is 10.1. The highest BCUT2D eigenvalue weighted by atomic mass is 16.5. The lowest BCUT2D eigenvalue weighted by Crippen LogP contribution is -2.28. The molecule has 3 rings (SSSR count). The van der Waals surface area contributed by atoms with Crippen LogP contribution in [0.1, 0.15) is 47.5 Å². The van der Waals surface area contributed by atoms with Crippen molar-refractivity contribution in [1.29, 1.82) is 0 Å². The standard InChI is InChI=1S/C18H21N5O2/c1-5-14-10-15(23(4)21-14)17(24)19-12(3)18-20-16(22-25-18)13-8-6-7-11(2)9-13/h6-10,12H,5H2,1-4H3,(H,19,24). The molecule has 0 aliphatic rings. The number of aromatic nitrogens is 4. The summed E-state index contributed by atoms with van der Waals surface area (Å²) < 4.78 is 6.89. The number of carbonyl (C=O) groups excluding carboxylic acids is 1. The molecule has 0 fully saturated rings. The Morgan fingerprint density at radius 2 is 2.16 bits per heavy atom. The predicted octanol–water partition coefficient (Wildman–Crippen LogP) is 2.83. The van der Waals surface area contributed by atoms with Gasteiger partial charge in [-0.1, -0.05) is 35.8 Å². The Morgan fingerprint density at radius 1 is 1.36 bits per heavy atom. The predicted molar refractivity (Wildman–Crippen MR) is 92.9 cm³/mol. The maximum Gasteiger partial charge on any atom is 0.270 e. The average molecular weight is 339 g/mol. The monoisotopic (exact) mass is 339 g/mol. The van der Waals surface area contributed by atoms with Gasteiger partial charge in [-0.15, -0.1) is 0 Å². The molecule has 130 valence electrons. The number of rotatable bonds is 5. The second-order valence-electron chi connectivity index (χ2n) is 6.02. The summed E-state index contributed by atoms with van der Waals surface area (Å²) >= 11 is 0. The summed E-state index contributed by atoms with van der Waals surface area (Å²) in [6.07, 6.45) is 0.778. The van der Waals surface area contributed by atoms with Gasteiger partial charge in [0.1, 0.15) is 11.7 Å². The first kappa shape index (κ1) is 16.9. The van der Waals surface area contributed by atoms with Crippen molar-refractivity contribution in [2.24, 2.45) is 7.05 Å². The van der Waals surface area contributed by atoms with E-state index in [4.69, 9.17) is 4.52 Å². The molecule has 0 aliphatic carbocycles. The minimum Gasteiger partial charge on any atom is -0.339 e. The van der Waals surface area contributed by atoms with Gasteiger partial charge in [-0.2, -0.15) is 10.1 Å². The molecule has 1 N–H and O–H groups in total. The molecule has 1 amide bonds. The zero-order valence-electron chi connectivity index (χ0n) is 14.8. The van der Waals surface area contributed by atoms with Gasteiger partial charge < -0.3 is 9.84 Å². The molecule has 7 nitrogen and oxygen atoms in total. The molecular formula is C18H21N5O2. The van der Waals surface area contributed by atoms with Crippen LogP contribution in [0.4, 0.5) is 0 Å². The topological polar surface area (TPSA) is 85.8 Å². The van der Waals surface area contributed by atoms with Crippen LogP contribution in [-0.4, -0.2) is 25.8 Å². The largest absolute Gasteiger partial charge is 0.339 e. The molecule has 25 heavy (non-hydrogen) atoms. The Balaban J connectivity index is 1.74. The average Bonchev–Trinajstić information content (AvgIpc) is 3.21. The van der Waals surface area contributed by atoms with Crippen LogP contribution in [-0.2, 0) is 13.5 Å². The fourth-order valence-electron chi connectivity index (χ4n) is 2.56. The summed E-state index contributed by atoms with van der Waals surface area (Å²) in [5, 5.41) is 11.2. The first-order chi connectivity index (χ1) is 12.0. The second-order valence-corrected chi connectivity index (χ2v) is 6.02. The highest BCUT2D eigenvalue weighted by Crippen LogP contribution is 2.20. The molecular weight excluding hydrogens is 318 g/mol. The molecule has 0 radical (unpaired) electrons. The molecule has 0 saturated carbocycles. The quantitative estimate of drug-likeness (QED) is 0.772. The van der Waals surface area contributed by atoms with Crippen LogP contribution in [0.3, 0.4) is 0 Å². The van der Waals surface area contributed by atoms with Gasteiger partial charge in [0.2, 0.25) is 11.7 Å². The van der Waals surface area contributed by atoms with Crippen LogP contribution >= 0.6 is 0 Å². The van der Waals surface area contributed by atoms with Crippen molar-refractivity contribution in [2.75, 3.05) is 0 Å². The van der Waals surface area contributed by atoms with Gasteiger partial charge in [0.05, 0.1) is 5.69 Å². The molecule has 0 spiro atoms. The fraction of sp³-hybridized carbons (Fsp3) is 0.333. The molecule has 2 aromatic heterocycles. The van der Waals surface area contributed by atoms with E-state index in [0.29, 0.717) is 17.4 Å². The molecule has 2 heterocycles. The summed E-state index contributed by atoms with van der Waals surface area (Å²) in [7, 11) is 1.75. The van der Waals surface area contributed by atoms with Crippen molar-refractivity contribution in [3.8, 4) is 11.4 Å². The summed E-state index contributed by atoms with van der Waals surface area (Å²) in [5.74, 6) is 0.647. The number of aryl methyl sites for hydroxylation is 3. The number of hydrogen-bond acceptors (Lipinski definition) is 5. The van der Waals surface area contributed by atoms with E-state index in [1.54, 1.807) is 17.8 Å². The molecule has 7 heteroatoms. The highest BCUT2D eigenvalue weighted by Gasteiger charge is 2.20. The first-order valence-electron chi connectivity index (χ1n) is 8.22. The van der Waals surface area contributed by atoms with Gasteiger partial charge in [0, 0.05) is 12.6 Å². The minimum atomic E-state index is -0.404. The van der Waals surface area contributed by atoms with Gasteiger partial charge in [-0.3, -0.25) is 9.48 Å². The van der Waals surface area contributed by atoms with Gasteiger partial charge in [-0.05, 0) is 32.4 Å². The van der Waals surface area contributed by atoms with E-state index in [-0.39, 0.29) is 5.91 Å². The lowest BCUT2D eigenvalue weighted by molar-refractivity contribution is 0.0923. The van der Waals surface area contributed by atoms with Crippen molar-refractivity contribution in [3.05, 3.63) is 53.2 Å². The van der Waals surface area contributed by atoms with Crippen LogP contribution in [0.15, 0.2) is 34.9 Å². The van der Waals surface area contributed by atoms with E-state index in [2.05, 4.69) is 20.6 Å². The second kappa shape index (κ2) is 6.88. The lowest BCUT2D eigenvalue weighted by Gasteiger charge is -2.09. The van der Waals surface area contributed by atoms with E-state index >= 15 is 0 Å². The first-order valence-corrected chi connectivity index (χ1v) is 8.22. The summed E-state index contributed by atoms with van der Waals surface area (Å²) in [5.41, 5.74) is 3.38. The Kier molecular flexibility index (Phi) is 4.65. The molecule has 1 atom stereocenters. The highest BCUT2D eigenvalue weighted by molar-refractivity contribution is 5.92. The van der Waals surface area contributed by atoms with E-state index in [1.165, 1.54) is 0 Å². The van der Waals surface area contributed by atoms with E-state index in [1.807, 2.05) is 45.0 Å². The molecule has 0 bridgehead atoms. The molecule has 1 aromatic carbocycles. The van der Waals surface area contributed by atoms with Crippen LogP contribution < -0.4 is 5.32 Å². The SMILES string of the molecule is CCc1cc(C(=O)NC(C)c2nc(-c3cccc(C)c3)no2)n(C)n1. The Hall–Kier alpha value is -2.96. The van der Waals surface area contributed by atoms with Crippen molar-refractivity contribution >= 4 is 5.91 Å². The summed E-state index contributed by atoms with van der Waals surface area (Å²) in [4.78, 5) is 16.8. The third kappa shape index (κ3) is 3.60. The number of benzene rings is 1. The van der Waals surface area contributed by atoms with Gasteiger partial charge in [0.15, 0.2) is 0 Å². The normalized spacial score (nSPS) is 12.2. The van der Waals surface area contributed by atoms with Crippen LogP contribution in [0.25, 0.3) is 11.4 Å². The number of nitrogens with zero attached hydrogens (tertiary/aromatic N) is 4. The zero-order valence-corrected chi connectivity index (χ0v) is 14.8. The van der Waals surface area contributed by atoms with Crippen molar-refractivity contribution in [3.63, 3.8) is 0 Å². The van der Waals surface area contributed by atoms with Gasteiger partial charge >= 0.3 is 0 Å². The molecule has 1 unspecified atom stereocenters. The van der Waals surface area contributed by atoms with E-state index in [9.17, 15) is 4.79 Å². The molecule has 0 saturated heterocycles. The maximum absolute atomic E-state index is 12.4. The number of hydrogen-bond donors (Lipinski definition) is 1. The Morgan fingerprint density at radius 3 is 2.84 bits per heavy atom. The van der Waals surface area contributed by atoms with Crippen LogP contribution in [0.5, 0.6) is 0 Å². The zero-order chi connectivity index (χ0) is 18.0. The molecule has 0 aliphatic heterocycles. The Bertz CT molecular complexity index is 897. The van der Waals surface area contributed by atoms with Crippen molar-refractivity contribution in [2.45, 2.75) is 33.2 Å². The van der Waals surface area contributed by atoms with Gasteiger partial charge in [-0.25, -0.2) is 0 Å². The van der Waals surface area contributed by atoms with Crippen LogP contribution in [0.2, 0.25) is 0 Å². The van der Waals surface area contributed by atoms with Crippen LogP contribution in [0, 0.1) is 6.92 Å². The number of amides is 1. The summed E-state index contributed by atoms with van der Waals surface area (Å²) in [6.45, 7) is 5.81. The van der Waals surface area contributed by atoms with Gasteiger partial charge in [0.25, 0.3) is 5.91 Å². The number of nitrogens with one attached hydrogen (secondary N) is 1. The third-order valence-electron chi connectivity index (χ3n) is 3.96.